The summed E-state index contributed by atoms with van der Waals surface area (Å²) in [6.45, 7) is 6.02. The second-order valence-electron chi connectivity index (χ2n) is 4.87. The molecule has 3 N–H and O–H groups in total. The molecule has 0 aromatic heterocycles. The number of carboxylic acids is 1. The van der Waals surface area contributed by atoms with E-state index in [0.717, 1.165) is 5.56 Å². The van der Waals surface area contributed by atoms with Crippen molar-refractivity contribution in [2.24, 2.45) is 5.73 Å². The first-order chi connectivity index (χ1) is 9.88. The summed E-state index contributed by atoms with van der Waals surface area (Å²) in [5, 5.41) is 9.12. The highest BCUT2D eigenvalue weighted by molar-refractivity contribution is 9.10. The van der Waals surface area contributed by atoms with Gasteiger partial charge in [-0.25, -0.2) is 4.79 Å². The van der Waals surface area contributed by atoms with Crippen molar-refractivity contribution in [3.63, 3.8) is 0 Å². The van der Waals surface area contributed by atoms with Gasteiger partial charge in [0.25, 0.3) is 0 Å². The third-order valence-corrected chi connectivity index (χ3v) is 3.42. The Morgan fingerprint density at radius 3 is 2.57 bits per heavy atom. The van der Waals surface area contributed by atoms with Crippen LogP contribution in [0.4, 0.5) is 0 Å². The van der Waals surface area contributed by atoms with Crippen LogP contribution in [0.25, 0.3) is 0 Å². The van der Waals surface area contributed by atoms with Crippen LogP contribution in [-0.2, 0) is 11.2 Å². The maximum absolute atomic E-state index is 11.1. The highest BCUT2D eigenvalue weighted by atomic mass is 79.9. The van der Waals surface area contributed by atoms with Gasteiger partial charge in [0.1, 0.15) is 0 Å². The average Bonchev–Trinajstić information content (AvgIpc) is 2.37. The van der Waals surface area contributed by atoms with Crippen molar-refractivity contribution < 1.29 is 19.4 Å². The first-order valence-corrected chi connectivity index (χ1v) is 7.78. The molecule has 0 aliphatic carbocycles. The van der Waals surface area contributed by atoms with Gasteiger partial charge in [-0.2, -0.15) is 0 Å². The molecule has 0 fully saturated rings. The second kappa shape index (κ2) is 8.24. The van der Waals surface area contributed by atoms with Crippen LogP contribution < -0.4 is 15.2 Å². The van der Waals surface area contributed by atoms with Crippen molar-refractivity contribution >= 4 is 21.9 Å². The van der Waals surface area contributed by atoms with Crippen molar-refractivity contribution in [1.82, 2.24) is 0 Å². The highest BCUT2D eigenvalue weighted by Crippen LogP contribution is 2.38. The summed E-state index contributed by atoms with van der Waals surface area (Å²) in [6, 6.07) is 3.76. The number of ether oxygens (including phenoxy) is 2. The molecule has 0 radical (unpaired) electrons. The number of rotatable bonds is 8. The van der Waals surface area contributed by atoms with E-state index in [-0.39, 0.29) is 6.04 Å². The van der Waals surface area contributed by atoms with Gasteiger partial charge in [0, 0.05) is 6.04 Å². The van der Waals surface area contributed by atoms with Crippen LogP contribution in [-0.4, -0.2) is 29.8 Å². The number of aliphatic carboxylic acids is 1. The van der Waals surface area contributed by atoms with Crippen molar-refractivity contribution in [1.29, 1.82) is 0 Å². The van der Waals surface area contributed by atoms with Crippen molar-refractivity contribution in [2.45, 2.75) is 45.8 Å². The summed E-state index contributed by atoms with van der Waals surface area (Å²) in [5.74, 6) is -0.0479. The molecule has 0 amide bonds. The monoisotopic (exact) mass is 359 g/mol. The molecule has 5 nitrogen and oxygen atoms in total. The topological polar surface area (TPSA) is 81.8 Å². The SMILES string of the molecule is CCOc1cc(CC(C)N)cc(Br)c1OC(CC)C(=O)O. The lowest BCUT2D eigenvalue weighted by Crippen LogP contribution is -2.26. The molecule has 0 aliphatic heterocycles. The summed E-state index contributed by atoms with van der Waals surface area (Å²) in [6.07, 6.45) is 0.170. The predicted molar refractivity (Wildman–Crippen MR) is 85.0 cm³/mol. The van der Waals surface area contributed by atoms with Gasteiger partial charge in [-0.3, -0.25) is 0 Å². The Morgan fingerprint density at radius 1 is 1.43 bits per heavy atom. The van der Waals surface area contributed by atoms with E-state index in [0.29, 0.717) is 35.4 Å². The number of hydrogen-bond donors (Lipinski definition) is 2. The fourth-order valence-electron chi connectivity index (χ4n) is 1.94. The maximum Gasteiger partial charge on any atom is 0.344 e. The number of halogens is 1. The van der Waals surface area contributed by atoms with Crippen LogP contribution >= 0.6 is 15.9 Å². The van der Waals surface area contributed by atoms with E-state index in [9.17, 15) is 4.79 Å². The Hall–Kier alpha value is -1.27. The molecular formula is C15H22BrNO4. The Labute approximate surface area is 133 Å². The van der Waals surface area contributed by atoms with Gasteiger partial charge in [0.2, 0.25) is 0 Å². The Bertz CT molecular complexity index is 491. The lowest BCUT2D eigenvalue weighted by atomic mass is 10.1. The smallest absolute Gasteiger partial charge is 0.344 e. The molecule has 0 spiro atoms. The molecule has 0 bridgehead atoms. The van der Waals surface area contributed by atoms with E-state index in [2.05, 4.69) is 15.9 Å². The van der Waals surface area contributed by atoms with E-state index in [1.807, 2.05) is 26.0 Å². The van der Waals surface area contributed by atoms with Gasteiger partial charge in [-0.05, 0) is 60.3 Å². The maximum atomic E-state index is 11.1. The summed E-state index contributed by atoms with van der Waals surface area (Å²) < 4.78 is 11.8. The summed E-state index contributed by atoms with van der Waals surface area (Å²) >= 11 is 3.43. The summed E-state index contributed by atoms with van der Waals surface area (Å²) in [4.78, 5) is 11.1. The summed E-state index contributed by atoms with van der Waals surface area (Å²) in [5.41, 5.74) is 6.82. The zero-order chi connectivity index (χ0) is 16.0. The van der Waals surface area contributed by atoms with Crippen LogP contribution in [0, 0.1) is 0 Å². The molecule has 6 heteroatoms. The molecule has 0 saturated carbocycles. The minimum absolute atomic E-state index is 0.0283. The number of carbonyl (C=O) groups is 1. The van der Waals surface area contributed by atoms with Crippen LogP contribution in [0.5, 0.6) is 11.5 Å². The molecule has 2 atom stereocenters. The van der Waals surface area contributed by atoms with E-state index >= 15 is 0 Å². The van der Waals surface area contributed by atoms with E-state index in [1.165, 1.54) is 0 Å². The average molecular weight is 360 g/mol. The number of benzene rings is 1. The fourth-order valence-corrected chi connectivity index (χ4v) is 2.52. The van der Waals surface area contributed by atoms with Gasteiger partial charge < -0.3 is 20.3 Å². The van der Waals surface area contributed by atoms with Crippen LogP contribution in [0.3, 0.4) is 0 Å². The summed E-state index contributed by atoms with van der Waals surface area (Å²) in [7, 11) is 0. The van der Waals surface area contributed by atoms with Gasteiger partial charge in [0.15, 0.2) is 17.6 Å². The van der Waals surface area contributed by atoms with E-state index in [1.54, 1.807) is 6.92 Å². The van der Waals surface area contributed by atoms with Gasteiger partial charge in [-0.15, -0.1) is 0 Å². The first-order valence-electron chi connectivity index (χ1n) is 6.99. The standard InChI is InChI=1S/C15H22BrNO4/c1-4-12(15(18)19)21-14-11(16)7-10(6-9(3)17)8-13(14)20-5-2/h7-9,12H,4-6,17H2,1-3H3,(H,18,19). The Kier molecular flexibility index (Phi) is 6.98. The van der Waals surface area contributed by atoms with Crippen molar-refractivity contribution in [3.8, 4) is 11.5 Å². The van der Waals surface area contributed by atoms with Crippen LogP contribution in [0.15, 0.2) is 16.6 Å². The van der Waals surface area contributed by atoms with Crippen LogP contribution in [0.2, 0.25) is 0 Å². The number of carboxylic acid groups (broad SMARTS) is 1. The predicted octanol–water partition coefficient (Wildman–Crippen LogP) is 2.98. The normalized spacial score (nSPS) is 13.6. The second-order valence-corrected chi connectivity index (χ2v) is 5.73. The first kappa shape index (κ1) is 17.8. The van der Waals surface area contributed by atoms with Crippen molar-refractivity contribution in [3.05, 3.63) is 22.2 Å². The molecule has 21 heavy (non-hydrogen) atoms. The van der Waals surface area contributed by atoms with E-state index in [4.69, 9.17) is 20.3 Å². The fraction of sp³-hybridized carbons (Fsp3) is 0.533. The minimum atomic E-state index is -0.994. The minimum Gasteiger partial charge on any atom is -0.490 e. The number of nitrogens with two attached hydrogens (primary N) is 1. The third-order valence-electron chi connectivity index (χ3n) is 2.83. The Balaban J connectivity index is 3.14. The number of hydrogen-bond acceptors (Lipinski definition) is 4. The lowest BCUT2D eigenvalue weighted by molar-refractivity contribution is -0.145. The molecule has 0 saturated heterocycles. The molecule has 2 unspecified atom stereocenters. The molecule has 0 heterocycles. The molecule has 1 aromatic rings. The largest absolute Gasteiger partial charge is 0.490 e. The molecular weight excluding hydrogens is 338 g/mol. The van der Waals surface area contributed by atoms with E-state index < -0.39 is 12.1 Å². The highest BCUT2D eigenvalue weighted by Gasteiger charge is 2.21. The zero-order valence-electron chi connectivity index (χ0n) is 12.6. The van der Waals surface area contributed by atoms with Gasteiger partial charge in [0.05, 0.1) is 11.1 Å². The van der Waals surface area contributed by atoms with Gasteiger partial charge >= 0.3 is 5.97 Å². The zero-order valence-corrected chi connectivity index (χ0v) is 14.1. The quantitative estimate of drug-likeness (QED) is 0.745. The van der Waals surface area contributed by atoms with Gasteiger partial charge in [-0.1, -0.05) is 6.92 Å². The Morgan fingerprint density at radius 2 is 2.10 bits per heavy atom. The third kappa shape index (κ3) is 5.21. The molecule has 118 valence electrons. The molecule has 1 aromatic carbocycles. The van der Waals surface area contributed by atoms with Crippen LogP contribution in [0.1, 0.15) is 32.8 Å². The molecule has 1 rings (SSSR count). The van der Waals surface area contributed by atoms with Crippen molar-refractivity contribution in [2.75, 3.05) is 6.61 Å². The lowest BCUT2D eigenvalue weighted by Gasteiger charge is -2.19. The molecule has 0 aliphatic rings.